The number of carbonyl (C=O) groups is 1. The number of hydrogen-bond acceptors (Lipinski definition) is 6. The van der Waals surface area contributed by atoms with E-state index in [1.807, 2.05) is 38.4 Å². The normalized spacial score (nSPS) is 14.1. The molecule has 0 radical (unpaired) electrons. The van der Waals surface area contributed by atoms with Crippen LogP contribution < -0.4 is 5.56 Å². The number of rotatable bonds is 4. The van der Waals surface area contributed by atoms with Gasteiger partial charge in [-0.1, -0.05) is 24.3 Å². The van der Waals surface area contributed by atoms with Crippen molar-refractivity contribution in [2.45, 2.75) is 25.7 Å². The van der Waals surface area contributed by atoms with Gasteiger partial charge in [0.2, 0.25) is 0 Å². The molecule has 7 nitrogen and oxygen atoms in total. The Labute approximate surface area is 226 Å². The quantitative estimate of drug-likeness (QED) is 0.279. The SMILES string of the molecule is COC(=O)c1ccc(-c2cc3cccc(-c4cc(C5CCOCC5)cc5c4cc(C)c(=O)n5C)c3cn2)cn1. The molecule has 5 aromatic rings. The molecule has 0 atom stereocenters. The first-order chi connectivity index (χ1) is 18.9. The molecule has 0 saturated carbocycles. The standard InChI is InChI=1S/C32H29N3O4/c1-19-13-26-25(14-23(20-9-11-39-12-10-20)16-30(26)35(2)31(19)36)24-6-4-5-21-15-29(34-18-27(21)24)22-7-8-28(33-17-22)32(37)38-3/h4-8,13-18,20H,9-12H2,1-3H3. The van der Waals surface area contributed by atoms with Gasteiger partial charge in [-0.3, -0.25) is 9.78 Å². The Morgan fingerprint density at radius 3 is 2.54 bits per heavy atom. The van der Waals surface area contributed by atoms with Crippen LogP contribution in [0.15, 0.2) is 71.8 Å². The molecule has 0 spiro atoms. The summed E-state index contributed by atoms with van der Waals surface area (Å²) in [6, 6.07) is 18.3. The second-order valence-electron chi connectivity index (χ2n) is 10.1. The van der Waals surface area contributed by atoms with Gasteiger partial charge in [-0.05, 0) is 78.1 Å². The van der Waals surface area contributed by atoms with Gasteiger partial charge in [-0.15, -0.1) is 0 Å². The average molecular weight is 520 g/mol. The molecule has 0 unspecified atom stereocenters. The molecule has 1 saturated heterocycles. The van der Waals surface area contributed by atoms with E-state index < -0.39 is 5.97 Å². The topological polar surface area (TPSA) is 83.3 Å². The Bertz CT molecular complexity index is 1780. The number of ether oxygens (including phenoxy) is 2. The lowest BCUT2D eigenvalue weighted by Crippen LogP contribution is -2.20. The molecule has 39 heavy (non-hydrogen) atoms. The lowest BCUT2D eigenvalue weighted by atomic mass is 9.86. The van der Waals surface area contributed by atoms with Crippen LogP contribution in [0.5, 0.6) is 0 Å². The van der Waals surface area contributed by atoms with Gasteiger partial charge in [-0.2, -0.15) is 0 Å². The minimum absolute atomic E-state index is 0.0219. The van der Waals surface area contributed by atoms with Crippen molar-refractivity contribution in [3.63, 3.8) is 0 Å². The molecule has 2 aromatic carbocycles. The van der Waals surface area contributed by atoms with Gasteiger partial charge in [0.15, 0.2) is 0 Å². The van der Waals surface area contributed by atoms with Crippen LogP contribution in [0.4, 0.5) is 0 Å². The van der Waals surface area contributed by atoms with Gasteiger partial charge in [0.1, 0.15) is 5.69 Å². The number of esters is 1. The summed E-state index contributed by atoms with van der Waals surface area (Å²) >= 11 is 0. The third kappa shape index (κ3) is 4.49. The van der Waals surface area contributed by atoms with Gasteiger partial charge in [-0.25, -0.2) is 9.78 Å². The molecule has 1 fully saturated rings. The number of fused-ring (bicyclic) bond motifs is 2. The van der Waals surface area contributed by atoms with Crippen molar-refractivity contribution in [2.24, 2.45) is 7.05 Å². The van der Waals surface area contributed by atoms with Crippen molar-refractivity contribution in [2.75, 3.05) is 20.3 Å². The van der Waals surface area contributed by atoms with E-state index in [9.17, 15) is 9.59 Å². The van der Waals surface area contributed by atoms with Crippen LogP contribution in [0.1, 0.15) is 40.4 Å². The molecule has 3 aromatic heterocycles. The zero-order chi connectivity index (χ0) is 27.1. The number of carbonyl (C=O) groups excluding carboxylic acids is 1. The van der Waals surface area contributed by atoms with E-state index in [0.29, 0.717) is 11.5 Å². The molecule has 1 aliphatic heterocycles. The molecule has 196 valence electrons. The number of aryl methyl sites for hydroxylation is 2. The van der Waals surface area contributed by atoms with Crippen LogP contribution in [0, 0.1) is 6.92 Å². The van der Waals surface area contributed by atoms with Gasteiger partial charge < -0.3 is 14.0 Å². The van der Waals surface area contributed by atoms with Crippen molar-refractivity contribution in [3.05, 3.63) is 94.2 Å². The number of methoxy groups -OCH3 is 1. The zero-order valence-electron chi connectivity index (χ0n) is 22.2. The number of hydrogen-bond donors (Lipinski definition) is 0. The summed E-state index contributed by atoms with van der Waals surface area (Å²) in [6.45, 7) is 3.37. The fraction of sp³-hybridized carbons (Fsp3) is 0.250. The molecule has 7 heteroatoms. The Kier molecular flexibility index (Phi) is 6.45. The first-order valence-corrected chi connectivity index (χ1v) is 13.1. The van der Waals surface area contributed by atoms with E-state index in [-0.39, 0.29) is 11.3 Å². The molecule has 6 rings (SSSR count). The minimum Gasteiger partial charge on any atom is -0.464 e. The Morgan fingerprint density at radius 1 is 0.974 bits per heavy atom. The lowest BCUT2D eigenvalue weighted by Gasteiger charge is -2.24. The highest BCUT2D eigenvalue weighted by Crippen LogP contribution is 2.38. The number of aromatic nitrogens is 3. The fourth-order valence-electron chi connectivity index (χ4n) is 5.57. The third-order valence-electron chi connectivity index (χ3n) is 7.75. The molecule has 4 heterocycles. The summed E-state index contributed by atoms with van der Waals surface area (Å²) in [5.41, 5.74) is 6.91. The summed E-state index contributed by atoms with van der Waals surface area (Å²) in [6.07, 6.45) is 5.47. The zero-order valence-corrected chi connectivity index (χ0v) is 22.2. The summed E-state index contributed by atoms with van der Waals surface area (Å²) in [4.78, 5) is 33.6. The smallest absolute Gasteiger partial charge is 0.356 e. The summed E-state index contributed by atoms with van der Waals surface area (Å²) < 4.78 is 12.1. The first-order valence-electron chi connectivity index (χ1n) is 13.1. The van der Waals surface area contributed by atoms with E-state index in [4.69, 9.17) is 14.5 Å². The molecular formula is C32H29N3O4. The highest BCUT2D eigenvalue weighted by Gasteiger charge is 2.20. The predicted octanol–water partition coefficient (Wildman–Crippen LogP) is 5.80. The summed E-state index contributed by atoms with van der Waals surface area (Å²) in [5, 5.41) is 3.11. The minimum atomic E-state index is -0.472. The van der Waals surface area contributed by atoms with E-state index >= 15 is 0 Å². The highest BCUT2D eigenvalue weighted by molar-refractivity contribution is 6.05. The van der Waals surface area contributed by atoms with Gasteiger partial charge in [0, 0.05) is 54.6 Å². The average Bonchev–Trinajstić information content (AvgIpc) is 2.99. The third-order valence-corrected chi connectivity index (χ3v) is 7.75. The molecule has 1 aliphatic rings. The summed E-state index contributed by atoms with van der Waals surface area (Å²) in [5.74, 6) is -0.0842. The fourth-order valence-corrected chi connectivity index (χ4v) is 5.57. The van der Waals surface area contributed by atoms with Crippen molar-refractivity contribution >= 4 is 27.6 Å². The van der Waals surface area contributed by atoms with Crippen molar-refractivity contribution in [3.8, 4) is 22.4 Å². The predicted molar refractivity (Wildman–Crippen MR) is 152 cm³/mol. The van der Waals surface area contributed by atoms with Gasteiger partial charge in [0.25, 0.3) is 5.56 Å². The summed E-state index contributed by atoms with van der Waals surface area (Å²) in [7, 11) is 3.19. The van der Waals surface area contributed by atoms with Crippen LogP contribution >= 0.6 is 0 Å². The van der Waals surface area contributed by atoms with Gasteiger partial charge >= 0.3 is 5.97 Å². The van der Waals surface area contributed by atoms with E-state index in [1.54, 1.807) is 16.8 Å². The number of pyridine rings is 3. The maximum atomic E-state index is 12.9. The molecule has 0 bridgehead atoms. The monoisotopic (exact) mass is 519 g/mol. The van der Waals surface area contributed by atoms with E-state index in [0.717, 1.165) is 70.1 Å². The highest BCUT2D eigenvalue weighted by atomic mass is 16.5. The number of benzene rings is 2. The number of nitrogens with zero attached hydrogens (tertiary/aromatic N) is 3. The maximum Gasteiger partial charge on any atom is 0.356 e. The molecule has 0 amide bonds. The van der Waals surface area contributed by atoms with Crippen LogP contribution in [-0.2, 0) is 16.5 Å². The van der Waals surface area contributed by atoms with Crippen molar-refractivity contribution < 1.29 is 14.3 Å². The van der Waals surface area contributed by atoms with Crippen molar-refractivity contribution in [1.29, 1.82) is 0 Å². The van der Waals surface area contributed by atoms with Crippen LogP contribution in [0.3, 0.4) is 0 Å². The van der Waals surface area contributed by atoms with E-state index in [1.165, 1.54) is 12.7 Å². The van der Waals surface area contributed by atoms with E-state index in [2.05, 4.69) is 35.3 Å². The first kappa shape index (κ1) is 24.9. The lowest BCUT2D eigenvalue weighted by molar-refractivity contribution is 0.0594. The maximum absolute atomic E-state index is 12.9. The van der Waals surface area contributed by atoms with Crippen LogP contribution in [-0.4, -0.2) is 40.8 Å². The van der Waals surface area contributed by atoms with Crippen molar-refractivity contribution in [1.82, 2.24) is 14.5 Å². The molecule has 0 N–H and O–H groups in total. The van der Waals surface area contributed by atoms with Crippen LogP contribution in [0.25, 0.3) is 44.1 Å². The van der Waals surface area contributed by atoms with Gasteiger partial charge in [0.05, 0.1) is 18.3 Å². The Morgan fingerprint density at radius 2 is 1.79 bits per heavy atom. The second kappa shape index (κ2) is 10.1. The second-order valence-corrected chi connectivity index (χ2v) is 10.1. The Balaban J connectivity index is 1.52. The molecule has 0 aliphatic carbocycles. The Hall–Kier alpha value is -4.36. The molecular weight excluding hydrogens is 490 g/mol. The van der Waals surface area contributed by atoms with Crippen LogP contribution in [0.2, 0.25) is 0 Å². The largest absolute Gasteiger partial charge is 0.464 e.